The van der Waals surface area contributed by atoms with Crippen LogP contribution in [0.15, 0.2) is 48.5 Å². The van der Waals surface area contributed by atoms with Gasteiger partial charge in [-0.15, -0.1) is 0 Å². The van der Waals surface area contributed by atoms with E-state index in [0.717, 1.165) is 5.75 Å². The summed E-state index contributed by atoms with van der Waals surface area (Å²) in [6, 6.07) is 17.1. The van der Waals surface area contributed by atoms with E-state index in [4.69, 9.17) is 4.74 Å². The van der Waals surface area contributed by atoms with E-state index in [0.29, 0.717) is 5.92 Å². The van der Waals surface area contributed by atoms with Crippen LogP contribution in [0.1, 0.15) is 38.2 Å². The van der Waals surface area contributed by atoms with Crippen molar-refractivity contribution in [3.63, 3.8) is 0 Å². The van der Waals surface area contributed by atoms with Crippen LogP contribution in [0.2, 0.25) is 0 Å². The average molecular weight is 254 g/mol. The maximum absolute atomic E-state index is 5.18. The Labute approximate surface area is 116 Å². The fourth-order valence-electron chi connectivity index (χ4n) is 2.39. The van der Waals surface area contributed by atoms with E-state index in [2.05, 4.69) is 50.2 Å². The fraction of sp³-hybridized carbons (Fsp3) is 0.333. The lowest BCUT2D eigenvalue weighted by Crippen LogP contribution is -1.92. The fourth-order valence-corrected chi connectivity index (χ4v) is 2.39. The number of rotatable bonds is 5. The first-order chi connectivity index (χ1) is 9.24. The summed E-state index contributed by atoms with van der Waals surface area (Å²) in [6.45, 7) is 4.54. The van der Waals surface area contributed by atoms with Gasteiger partial charge >= 0.3 is 0 Å². The van der Waals surface area contributed by atoms with Gasteiger partial charge in [-0.05, 0) is 41.2 Å². The zero-order chi connectivity index (χ0) is 13.7. The van der Waals surface area contributed by atoms with Gasteiger partial charge in [-0.3, -0.25) is 0 Å². The number of ether oxygens (including phenoxy) is 1. The van der Waals surface area contributed by atoms with E-state index < -0.39 is 0 Å². The van der Waals surface area contributed by atoms with Crippen molar-refractivity contribution in [3.05, 3.63) is 54.1 Å². The largest absolute Gasteiger partial charge is 0.497 e. The number of methoxy groups -OCH3 is 1. The molecule has 0 bridgehead atoms. The molecule has 1 heteroatoms. The molecule has 2 aromatic rings. The SMILES string of the molecule is CCCC(C)c1ccc(-c2ccc(OC)cc2)cc1. The van der Waals surface area contributed by atoms with Gasteiger partial charge in [0, 0.05) is 0 Å². The van der Waals surface area contributed by atoms with Crippen LogP contribution in [0.4, 0.5) is 0 Å². The van der Waals surface area contributed by atoms with Crippen LogP contribution in [0.3, 0.4) is 0 Å². The monoisotopic (exact) mass is 254 g/mol. The molecule has 0 heterocycles. The minimum atomic E-state index is 0.648. The summed E-state index contributed by atoms with van der Waals surface area (Å²) in [5.74, 6) is 1.55. The second-order valence-electron chi connectivity index (χ2n) is 5.04. The van der Waals surface area contributed by atoms with Crippen molar-refractivity contribution in [2.24, 2.45) is 0 Å². The molecular formula is C18H22O. The molecule has 0 aliphatic heterocycles. The molecule has 100 valence electrons. The van der Waals surface area contributed by atoms with Gasteiger partial charge in [0.25, 0.3) is 0 Å². The predicted molar refractivity (Wildman–Crippen MR) is 81.8 cm³/mol. The van der Waals surface area contributed by atoms with Gasteiger partial charge in [-0.2, -0.15) is 0 Å². The molecule has 0 aliphatic rings. The van der Waals surface area contributed by atoms with Crippen molar-refractivity contribution in [1.29, 1.82) is 0 Å². The molecule has 2 aromatic carbocycles. The smallest absolute Gasteiger partial charge is 0.118 e. The van der Waals surface area contributed by atoms with Gasteiger partial charge in [-0.25, -0.2) is 0 Å². The van der Waals surface area contributed by atoms with Crippen molar-refractivity contribution < 1.29 is 4.74 Å². The van der Waals surface area contributed by atoms with Crippen LogP contribution in [0.25, 0.3) is 11.1 Å². The van der Waals surface area contributed by atoms with Crippen molar-refractivity contribution in [3.8, 4) is 16.9 Å². The van der Waals surface area contributed by atoms with E-state index in [1.54, 1.807) is 7.11 Å². The summed E-state index contributed by atoms with van der Waals surface area (Å²) in [4.78, 5) is 0. The molecule has 19 heavy (non-hydrogen) atoms. The molecule has 0 N–H and O–H groups in total. The second kappa shape index (κ2) is 6.42. The van der Waals surface area contributed by atoms with Crippen molar-refractivity contribution in [2.75, 3.05) is 7.11 Å². The molecular weight excluding hydrogens is 232 g/mol. The first-order valence-corrected chi connectivity index (χ1v) is 6.99. The lowest BCUT2D eigenvalue weighted by molar-refractivity contribution is 0.415. The Bertz CT molecular complexity index is 496. The molecule has 0 aliphatic carbocycles. The lowest BCUT2D eigenvalue weighted by Gasteiger charge is -2.11. The quantitative estimate of drug-likeness (QED) is 0.706. The maximum Gasteiger partial charge on any atom is 0.118 e. The van der Waals surface area contributed by atoms with Gasteiger partial charge in [0.2, 0.25) is 0 Å². The summed E-state index contributed by atoms with van der Waals surface area (Å²) < 4.78 is 5.18. The standard InChI is InChI=1S/C18H22O/c1-4-5-14(2)15-6-8-16(9-7-15)17-10-12-18(19-3)13-11-17/h6-14H,4-5H2,1-3H3. The van der Waals surface area contributed by atoms with Crippen LogP contribution in [-0.2, 0) is 0 Å². The highest BCUT2D eigenvalue weighted by atomic mass is 16.5. The van der Waals surface area contributed by atoms with E-state index in [-0.39, 0.29) is 0 Å². The average Bonchev–Trinajstić information content (AvgIpc) is 2.48. The van der Waals surface area contributed by atoms with Crippen molar-refractivity contribution in [2.45, 2.75) is 32.6 Å². The third kappa shape index (κ3) is 3.37. The Morgan fingerprint density at radius 2 is 1.42 bits per heavy atom. The molecule has 1 atom stereocenters. The zero-order valence-corrected chi connectivity index (χ0v) is 12.0. The normalized spacial score (nSPS) is 12.2. The molecule has 1 unspecified atom stereocenters. The van der Waals surface area contributed by atoms with Crippen LogP contribution in [0, 0.1) is 0 Å². The van der Waals surface area contributed by atoms with E-state index >= 15 is 0 Å². The van der Waals surface area contributed by atoms with Crippen LogP contribution in [0.5, 0.6) is 5.75 Å². The molecule has 2 rings (SSSR count). The Kier molecular flexibility index (Phi) is 4.62. The van der Waals surface area contributed by atoms with Gasteiger partial charge in [-0.1, -0.05) is 56.7 Å². The first kappa shape index (κ1) is 13.7. The predicted octanol–water partition coefficient (Wildman–Crippen LogP) is 5.27. The molecule has 0 radical (unpaired) electrons. The topological polar surface area (TPSA) is 9.23 Å². The van der Waals surface area contributed by atoms with Crippen molar-refractivity contribution in [1.82, 2.24) is 0 Å². The maximum atomic E-state index is 5.18. The summed E-state index contributed by atoms with van der Waals surface area (Å²) in [7, 11) is 1.69. The summed E-state index contributed by atoms with van der Waals surface area (Å²) in [6.07, 6.45) is 2.49. The lowest BCUT2D eigenvalue weighted by atomic mass is 9.94. The van der Waals surface area contributed by atoms with Gasteiger partial charge in [0.05, 0.1) is 7.11 Å². The van der Waals surface area contributed by atoms with E-state index in [9.17, 15) is 0 Å². The minimum Gasteiger partial charge on any atom is -0.497 e. The highest BCUT2D eigenvalue weighted by molar-refractivity contribution is 5.64. The Morgan fingerprint density at radius 1 is 0.895 bits per heavy atom. The van der Waals surface area contributed by atoms with Crippen LogP contribution < -0.4 is 4.74 Å². The Hall–Kier alpha value is -1.76. The first-order valence-electron chi connectivity index (χ1n) is 6.99. The van der Waals surface area contributed by atoms with E-state index in [1.807, 2.05) is 12.1 Å². The second-order valence-corrected chi connectivity index (χ2v) is 5.04. The van der Waals surface area contributed by atoms with Gasteiger partial charge in [0.15, 0.2) is 0 Å². The molecule has 1 nitrogen and oxygen atoms in total. The zero-order valence-electron chi connectivity index (χ0n) is 12.0. The summed E-state index contributed by atoms with van der Waals surface area (Å²) in [5.41, 5.74) is 3.92. The highest BCUT2D eigenvalue weighted by Gasteiger charge is 2.04. The third-order valence-corrected chi connectivity index (χ3v) is 3.62. The van der Waals surface area contributed by atoms with Gasteiger partial charge < -0.3 is 4.74 Å². The van der Waals surface area contributed by atoms with Gasteiger partial charge in [0.1, 0.15) is 5.75 Å². The molecule has 0 saturated heterocycles. The molecule has 0 aromatic heterocycles. The summed E-state index contributed by atoms with van der Waals surface area (Å²) in [5, 5.41) is 0. The Balaban J connectivity index is 2.17. The third-order valence-electron chi connectivity index (χ3n) is 3.62. The van der Waals surface area contributed by atoms with E-state index in [1.165, 1.54) is 29.5 Å². The number of hydrogen-bond acceptors (Lipinski definition) is 1. The molecule has 0 fully saturated rings. The van der Waals surface area contributed by atoms with Crippen molar-refractivity contribution >= 4 is 0 Å². The molecule has 0 spiro atoms. The summed E-state index contributed by atoms with van der Waals surface area (Å²) >= 11 is 0. The Morgan fingerprint density at radius 3 is 1.89 bits per heavy atom. The minimum absolute atomic E-state index is 0.648. The van der Waals surface area contributed by atoms with Crippen LogP contribution in [-0.4, -0.2) is 7.11 Å². The highest BCUT2D eigenvalue weighted by Crippen LogP contribution is 2.26. The number of benzene rings is 2. The molecule has 0 saturated carbocycles. The number of hydrogen-bond donors (Lipinski definition) is 0. The van der Waals surface area contributed by atoms with Crippen LogP contribution >= 0.6 is 0 Å². The molecule has 0 amide bonds.